The zero-order valence-corrected chi connectivity index (χ0v) is 14.5. The number of ether oxygens (including phenoxy) is 1. The first-order valence-corrected chi connectivity index (χ1v) is 9.17. The van der Waals surface area contributed by atoms with Gasteiger partial charge < -0.3 is 4.74 Å². The van der Waals surface area contributed by atoms with Crippen LogP contribution < -0.4 is 0 Å². The molecule has 0 saturated carbocycles. The number of methoxy groups -OCH3 is 1. The zero-order chi connectivity index (χ0) is 17.3. The highest BCUT2D eigenvalue weighted by Gasteiger charge is 2.40. The number of benzene rings is 2. The second-order valence-electron chi connectivity index (χ2n) is 5.52. The van der Waals surface area contributed by atoms with Crippen LogP contribution in [0.2, 0.25) is 5.02 Å². The topological polar surface area (TPSA) is 63.7 Å². The Morgan fingerprint density at radius 1 is 1.17 bits per heavy atom. The summed E-state index contributed by atoms with van der Waals surface area (Å²) in [5.74, 6) is -0.574. The molecule has 2 aromatic carbocycles. The minimum atomic E-state index is -3.88. The van der Waals surface area contributed by atoms with Crippen LogP contribution in [0.3, 0.4) is 0 Å². The van der Waals surface area contributed by atoms with Crippen LogP contribution in [0.5, 0.6) is 0 Å². The van der Waals surface area contributed by atoms with E-state index in [-0.39, 0.29) is 17.9 Å². The summed E-state index contributed by atoms with van der Waals surface area (Å²) in [7, 11) is -2.63. The largest absolute Gasteiger partial charge is 0.468 e. The van der Waals surface area contributed by atoms with Gasteiger partial charge in [-0.3, -0.25) is 4.79 Å². The fraction of sp³-hybridized carbons (Fsp3) is 0.235. The van der Waals surface area contributed by atoms with Gasteiger partial charge in [0.1, 0.15) is 6.04 Å². The lowest BCUT2D eigenvalue weighted by molar-refractivity contribution is -0.145. The summed E-state index contributed by atoms with van der Waals surface area (Å²) in [5, 5.41) is 0.322. The molecule has 7 heteroatoms. The first-order valence-electron chi connectivity index (χ1n) is 7.35. The third-order valence-electron chi connectivity index (χ3n) is 4.08. The van der Waals surface area contributed by atoms with E-state index in [1.807, 2.05) is 24.3 Å². The molecule has 1 heterocycles. The number of hydrogen-bond donors (Lipinski definition) is 0. The smallest absolute Gasteiger partial charge is 0.324 e. The Morgan fingerprint density at radius 2 is 1.88 bits per heavy atom. The molecule has 0 aromatic heterocycles. The number of carbonyl (C=O) groups is 1. The predicted molar refractivity (Wildman–Crippen MR) is 90.1 cm³/mol. The van der Waals surface area contributed by atoms with Gasteiger partial charge in [0, 0.05) is 18.0 Å². The summed E-state index contributed by atoms with van der Waals surface area (Å²) in [6.07, 6.45) is 0.280. The minimum absolute atomic E-state index is 0.0586. The summed E-state index contributed by atoms with van der Waals surface area (Å²) < 4.78 is 32.1. The fourth-order valence-electron chi connectivity index (χ4n) is 2.85. The molecule has 0 aliphatic carbocycles. The van der Waals surface area contributed by atoms with E-state index in [0.29, 0.717) is 5.02 Å². The van der Waals surface area contributed by atoms with Crippen molar-refractivity contribution in [3.8, 4) is 0 Å². The number of fused-ring (bicyclic) bond motifs is 1. The van der Waals surface area contributed by atoms with E-state index in [2.05, 4.69) is 0 Å². The lowest BCUT2D eigenvalue weighted by atomic mass is 9.96. The maximum absolute atomic E-state index is 13.0. The van der Waals surface area contributed by atoms with E-state index in [9.17, 15) is 13.2 Å². The monoisotopic (exact) mass is 365 g/mol. The third-order valence-corrected chi connectivity index (χ3v) is 6.17. The van der Waals surface area contributed by atoms with Gasteiger partial charge >= 0.3 is 5.97 Å². The molecule has 1 aliphatic heterocycles. The Labute approximate surface area is 145 Å². The molecule has 0 unspecified atom stereocenters. The highest BCUT2D eigenvalue weighted by Crippen LogP contribution is 2.30. The maximum Gasteiger partial charge on any atom is 0.324 e. The van der Waals surface area contributed by atoms with E-state index in [1.54, 1.807) is 12.1 Å². The molecule has 1 aliphatic rings. The van der Waals surface area contributed by atoms with E-state index >= 15 is 0 Å². The summed E-state index contributed by atoms with van der Waals surface area (Å²) in [4.78, 5) is 12.2. The van der Waals surface area contributed by atoms with Crippen molar-refractivity contribution in [1.82, 2.24) is 4.31 Å². The lowest BCUT2D eigenvalue weighted by Crippen LogP contribution is -2.48. The van der Waals surface area contributed by atoms with Crippen molar-refractivity contribution in [2.75, 3.05) is 7.11 Å². The van der Waals surface area contributed by atoms with Crippen LogP contribution in [0.15, 0.2) is 53.4 Å². The Hall–Kier alpha value is -1.89. The van der Waals surface area contributed by atoms with E-state index in [1.165, 1.54) is 23.5 Å². The maximum atomic E-state index is 13.0. The van der Waals surface area contributed by atoms with Crippen LogP contribution in [-0.2, 0) is 32.5 Å². The minimum Gasteiger partial charge on any atom is -0.468 e. The molecule has 1 atom stereocenters. The Bertz CT molecular complexity index is 882. The normalized spacial score (nSPS) is 18.0. The number of nitrogens with zero attached hydrogens (tertiary/aromatic N) is 1. The van der Waals surface area contributed by atoms with Gasteiger partial charge in [-0.1, -0.05) is 41.9 Å². The van der Waals surface area contributed by atoms with Crippen LogP contribution in [0.4, 0.5) is 0 Å². The number of hydrogen-bond acceptors (Lipinski definition) is 4. The standard InChI is InChI=1S/C17H16ClNO4S/c1-23-17(20)16-9-12-5-2-3-6-13(12)11-19(16)24(21,22)15-8-4-7-14(18)10-15/h2-8,10,16H,9,11H2,1H3/t16-/m1/s1. The summed E-state index contributed by atoms with van der Waals surface area (Å²) >= 11 is 5.92. The van der Waals surface area contributed by atoms with Gasteiger partial charge in [-0.05, 0) is 29.3 Å². The van der Waals surface area contributed by atoms with Crippen molar-refractivity contribution in [3.63, 3.8) is 0 Å². The molecule has 24 heavy (non-hydrogen) atoms. The highest BCUT2D eigenvalue weighted by atomic mass is 35.5. The van der Waals surface area contributed by atoms with Crippen LogP contribution in [0.25, 0.3) is 0 Å². The summed E-state index contributed by atoms with van der Waals surface area (Å²) in [6, 6.07) is 12.6. The van der Waals surface area contributed by atoms with Crippen LogP contribution in [-0.4, -0.2) is 31.8 Å². The van der Waals surface area contributed by atoms with Crippen LogP contribution >= 0.6 is 11.6 Å². The first-order chi connectivity index (χ1) is 11.4. The van der Waals surface area contributed by atoms with Gasteiger partial charge in [0.2, 0.25) is 10.0 Å². The van der Waals surface area contributed by atoms with Gasteiger partial charge in [-0.15, -0.1) is 0 Å². The molecule has 0 radical (unpaired) electrons. The fourth-order valence-corrected chi connectivity index (χ4v) is 4.71. The quantitative estimate of drug-likeness (QED) is 0.784. The van der Waals surface area contributed by atoms with Crippen molar-refractivity contribution in [2.24, 2.45) is 0 Å². The van der Waals surface area contributed by atoms with Crippen LogP contribution in [0.1, 0.15) is 11.1 Å². The van der Waals surface area contributed by atoms with E-state index < -0.39 is 22.0 Å². The predicted octanol–water partition coefficient (Wildman–Crippen LogP) is 2.63. The van der Waals surface area contributed by atoms with Gasteiger partial charge in [-0.25, -0.2) is 8.42 Å². The zero-order valence-electron chi connectivity index (χ0n) is 13.0. The molecule has 2 aromatic rings. The summed E-state index contributed by atoms with van der Waals surface area (Å²) in [5.41, 5.74) is 1.83. The SMILES string of the molecule is COC(=O)[C@H]1Cc2ccccc2CN1S(=O)(=O)c1cccc(Cl)c1. The van der Waals surface area contributed by atoms with Crippen molar-refractivity contribution >= 4 is 27.6 Å². The number of halogens is 1. The molecule has 0 spiro atoms. The number of sulfonamides is 1. The van der Waals surface area contributed by atoms with Gasteiger partial charge in [-0.2, -0.15) is 4.31 Å². The summed E-state index contributed by atoms with van der Waals surface area (Å²) in [6.45, 7) is 0.116. The molecule has 0 saturated heterocycles. The number of rotatable bonds is 3. The Balaban J connectivity index is 2.07. The molecule has 5 nitrogen and oxygen atoms in total. The van der Waals surface area contributed by atoms with E-state index in [0.717, 1.165) is 11.1 Å². The van der Waals surface area contributed by atoms with Gasteiger partial charge in [0.25, 0.3) is 0 Å². The highest BCUT2D eigenvalue weighted by molar-refractivity contribution is 7.89. The Kier molecular flexibility index (Phi) is 4.62. The lowest BCUT2D eigenvalue weighted by Gasteiger charge is -2.34. The van der Waals surface area contributed by atoms with Crippen molar-refractivity contribution in [1.29, 1.82) is 0 Å². The Morgan fingerprint density at radius 3 is 2.54 bits per heavy atom. The molecule has 0 amide bonds. The molecule has 0 fully saturated rings. The third kappa shape index (κ3) is 3.05. The molecular formula is C17H16ClNO4S. The molecule has 126 valence electrons. The average molecular weight is 366 g/mol. The van der Waals surface area contributed by atoms with Crippen molar-refractivity contribution in [2.45, 2.75) is 23.9 Å². The van der Waals surface area contributed by atoms with Crippen LogP contribution in [0, 0.1) is 0 Å². The second-order valence-corrected chi connectivity index (χ2v) is 7.85. The first kappa shape index (κ1) is 17.0. The molecule has 3 rings (SSSR count). The van der Waals surface area contributed by atoms with Gasteiger partial charge in [0.15, 0.2) is 0 Å². The molecule has 0 N–H and O–H groups in total. The number of esters is 1. The molecular weight excluding hydrogens is 350 g/mol. The average Bonchev–Trinajstić information content (AvgIpc) is 2.60. The van der Waals surface area contributed by atoms with Crippen molar-refractivity contribution in [3.05, 3.63) is 64.7 Å². The second kappa shape index (κ2) is 6.55. The molecule has 0 bridgehead atoms. The number of carbonyl (C=O) groups excluding carboxylic acids is 1. The van der Waals surface area contributed by atoms with Gasteiger partial charge in [0.05, 0.1) is 12.0 Å². The van der Waals surface area contributed by atoms with E-state index in [4.69, 9.17) is 16.3 Å². The van der Waals surface area contributed by atoms with Crippen molar-refractivity contribution < 1.29 is 17.9 Å².